The maximum absolute atomic E-state index is 14.2. The van der Waals surface area contributed by atoms with Gasteiger partial charge >= 0.3 is 29.9 Å². The molecule has 0 saturated carbocycles. The zero-order valence-corrected chi connectivity index (χ0v) is 14.7. The summed E-state index contributed by atoms with van der Waals surface area (Å²) in [5.74, 6) is -32.2. The molecule has 2 aromatic rings. The highest BCUT2D eigenvalue weighted by Crippen LogP contribution is 2.58. The van der Waals surface area contributed by atoms with Gasteiger partial charge in [0.05, 0.1) is 0 Å². The van der Waals surface area contributed by atoms with Crippen molar-refractivity contribution >= 4 is 17.1 Å². The number of carbonyl (C=O) groups excluding carboxylic acids is 1. The second-order valence-electron chi connectivity index (χ2n) is 6.07. The first-order valence-corrected chi connectivity index (χ1v) is 7.91. The predicted molar refractivity (Wildman–Crippen MR) is 84.6 cm³/mol. The van der Waals surface area contributed by atoms with Gasteiger partial charge < -0.3 is 4.74 Å². The Balaban J connectivity index is 2.53. The Kier molecular flexibility index (Phi) is 6.05. The van der Waals surface area contributed by atoms with E-state index in [1.165, 1.54) is 24.3 Å². The average molecular weight is 466 g/mol. The number of rotatable bonds is 7. The van der Waals surface area contributed by atoms with Crippen molar-refractivity contribution in [1.29, 1.82) is 0 Å². The fraction of sp³-hybridized carbons (Fsp3) is 0.278. The van der Waals surface area contributed by atoms with Crippen LogP contribution in [0.4, 0.5) is 48.3 Å². The van der Waals surface area contributed by atoms with E-state index in [0.717, 1.165) is 12.1 Å². The van der Waals surface area contributed by atoms with Crippen molar-refractivity contribution in [3.63, 3.8) is 0 Å². The standard InChI is InChI=1S/C18H9F11O2/c19-14(20,15(21,22)16(23,24)17(25,26)18(27,28)29)13(7-8-30)31-12-6-5-10-3-1-2-4-11(10)9-12/h1-9H/b13-7+. The van der Waals surface area contributed by atoms with Crippen molar-refractivity contribution < 1.29 is 57.8 Å². The summed E-state index contributed by atoms with van der Waals surface area (Å²) >= 11 is 0. The molecule has 0 radical (unpaired) electrons. The predicted octanol–water partition coefficient (Wildman–Crippen LogP) is 6.40. The van der Waals surface area contributed by atoms with Crippen molar-refractivity contribution in [3.8, 4) is 5.75 Å². The molecule has 0 fully saturated rings. The summed E-state index contributed by atoms with van der Waals surface area (Å²) in [6.07, 6.45) is -8.41. The minimum Gasteiger partial charge on any atom is -0.455 e. The summed E-state index contributed by atoms with van der Waals surface area (Å²) in [5, 5.41) is 0.763. The highest BCUT2D eigenvalue weighted by Gasteiger charge is 2.88. The van der Waals surface area contributed by atoms with Crippen LogP contribution < -0.4 is 4.74 Å². The van der Waals surface area contributed by atoms with Gasteiger partial charge in [-0.15, -0.1) is 0 Å². The number of carbonyl (C=O) groups is 1. The molecule has 2 nitrogen and oxygen atoms in total. The van der Waals surface area contributed by atoms with E-state index < -0.39 is 53.7 Å². The monoisotopic (exact) mass is 466 g/mol. The lowest BCUT2D eigenvalue weighted by Gasteiger charge is -2.37. The SMILES string of the molecule is O=C/C=C(/Oc1ccc2ccccc2c1)C(F)(F)C(F)(F)C(F)(F)C(F)(F)C(F)(F)F. The molecule has 0 spiro atoms. The van der Waals surface area contributed by atoms with Crippen LogP contribution >= 0.6 is 0 Å². The van der Waals surface area contributed by atoms with Gasteiger partial charge in [0.1, 0.15) is 12.0 Å². The fourth-order valence-electron chi connectivity index (χ4n) is 2.35. The van der Waals surface area contributed by atoms with Gasteiger partial charge in [-0.3, -0.25) is 4.79 Å². The van der Waals surface area contributed by atoms with E-state index in [1.54, 1.807) is 6.07 Å². The maximum atomic E-state index is 14.2. The smallest absolute Gasteiger partial charge is 0.455 e. The van der Waals surface area contributed by atoms with Gasteiger partial charge in [0, 0.05) is 6.08 Å². The lowest BCUT2D eigenvalue weighted by atomic mass is 9.96. The first-order valence-electron chi connectivity index (χ1n) is 7.91. The first kappa shape index (κ1) is 24.4. The molecule has 2 aromatic carbocycles. The number of aldehydes is 1. The number of hydrogen-bond donors (Lipinski definition) is 0. The molecular formula is C18H9F11O2. The Morgan fingerprint density at radius 3 is 1.77 bits per heavy atom. The van der Waals surface area contributed by atoms with Gasteiger partial charge in [0.15, 0.2) is 5.76 Å². The molecule has 0 heterocycles. The molecule has 170 valence electrons. The summed E-state index contributed by atoms with van der Waals surface area (Å²) in [4.78, 5) is 10.5. The summed E-state index contributed by atoms with van der Waals surface area (Å²) in [5.41, 5.74) is 0. The zero-order valence-electron chi connectivity index (χ0n) is 14.7. The van der Waals surface area contributed by atoms with E-state index in [1.807, 2.05) is 0 Å². The third kappa shape index (κ3) is 3.92. The van der Waals surface area contributed by atoms with Crippen LogP contribution in [-0.2, 0) is 4.79 Å². The van der Waals surface area contributed by atoms with Crippen LogP contribution in [0.15, 0.2) is 54.3 Å². The summed E-state index contributed by atoms with van der Waals surface area (Å²) in [7, 11) is 0. The topological polar surface area (TPSA) is 26.3 Å². The molecule has 0 saturated heterocycles. The molecule has 0 aliphatic rings. The Bertz CT molecular complexity index is 993. The minimum atomic E-state index is -7.61. The van der Waals surface area contributed by atoms with Crippen molar-refractivity contribution in [2.75, 3.05) is 0 Å². The minimum absolute atomic E-state index is 0.273. The fourth-order valence-corrected chi connectivity index (χ4v) is 2.35. The Labute approximate surface area is 165 Å². The molecule has 0 atom stereocenters. The molecule has 2 rings (SSSR count). The number of alkyl halides is 11. The molecule has 13 heteroatoms. The maximum Gasteiger partial charge on any atom is 0.460 e. The number of benzene rings is 2. The summed E-state index contributed by atoms with van der Waals surface area (Å²) < 4.78 is 150. The van der Waals surface area contributed by atoms with E-state index >= 15 is 0 Å². The summed E-state index contributed by atoms with van der Waals surface area (Å²) in [6.45, 7) is 0. The normalized spacial score (nSPS) is 14.6. The molecule has 0 unspecified atom stereocenters. The highest BCUT2D eigenvalue weighted by molar-refractivity contribution is 5.83. The first-order chi connectivity index (χ1) is 14.0. The molecule has 0 N–H and O–H groups in total. The average Bonchev–Trinajstić information content (AvgIpc) is 2.66. The second kappa shape index (κ2) is 7.68. The van der Waals surface area contributed by atoms with Crippen molar-refractivity contribution in [3.05, 3.63) is 54.3 Å². The van der Waals surface area contributed by atoms with Gasteiger partial charge in [-0.05, 0) is 22.9 Å². The van der Waals surface area contributed by atoms with Crippen molar-refractivity contribution in [2.45, 2.75) is 29.9 Å². The number of fused-ring (bicyclic) bond motifs is 1. The van der Waals surface area contributed by atoms with Crippen LogP contribution in [0.25, 0.3) is 10.8 Å². The van der Waals surface area contributed by atoms with E-state index in [-0.39, 0.29) is 5.39 Å². The van der Waals surface area contributed by atoms with E-state index in [2.05, 4.69) is 4.74 Å². The van der Waals surface area contributed by atoms with Crippen LogP contribution in [0.5, 0.6) is 5.75 Å². The Hall–Kier alpha value is -2.86. The number of allylic oxidation sites excluding steroid dienone is 2. The molecule has 0 amide bonds. The van der Waals surface area contributed by atoms with Crippen LogP contribution in [-0.4, -0.2) is 36.2 Å². The lowest BCUT2D eigenvalue weighted by molar-refractivity contribution is -0.419. The van der Waals surface area contributed by atoms with Gasteiger partial charge in [-0.25, -0.2) is 0 Å². The molecule has 0 bridgehead atoms. The number of hydrogen-bond acceptors (Lipinski definition) is 2. The number of halogens is 11. The zero-order chi connectivity index (χ0) is 23.9. The quantitative estimate of drug-likeness (QED) is 0.204. The lowest BCUT2D eigenvalue weighted by Crippen LogP contribution is -2.67. The molecular weight excluding hydrogens is 457 g/mol. The third-order valence-electron chi connectivity index (χ3n) is 4.02. The third-order valence-corrected chi connectivity index (χ3v) is 4.02. The van der Waals surface area contributed by atoms with E-state index in [4.69, 9.17) is 0 Å². The van der Waals surface area contributed by atoms with Crippen molar-refractivity contribution in [1.82, 2.24) is 0 Å². The second-order valence-corrected chi connectivity index (χ2v) is 6.07. The Morgan fingerprint density at radius 2 is 1.26 bits per heavy atom. The number of ether oxygens (including phenoxy) is 1. The van der Waals surface area contributed by atoms with Crippen molar-refractivity contribution in [2.24, 2.45) is 0 Å². The van der Waals surface area contributed by atoms with E-state index in [9.17, 15) is 53.1 Å². The van der Waals surface area contributed by atoms with E-state index in [0.29, 0.717) is 5.39 Å². The summed E-state index contributed by atoms with van der Waals surface area (Å²) in [6, 6.07) is 9.02. The largest absolute Gasteiger partial charge is 0.460 e. The van der Waals surface area contributed by atoms with Crippen LogP contribution in [0.1, 0.15) is 0 Å². The Morgan fingerprint density at radius 1 is 0.710 bits per heavy atom. The molecule has 0 aliphatic heterocycles. The van der Waals surface area contributed by atoms with Crippen LogP contribution in [0, 0.1) is 0 Å². The highest BCUT2D eigenvalue weighted by atomic mass is 19.4. The molecule has 0 aromatic heterocycles. The van der Waals surface area contributed by atoms with Crippen LogP contribution in [0.2, 0.25) is 0 Å². The van der Waals surface area contributed by atoms with Gasteiger partial charge in [-0.1, -0.05) is 30.3 Å². The molecule has 31 heavy (non-hydrogen) atoms. The van der Waals surface area contributed by atoms with Crippen LogP contribution in [0.3, 0.4) is 0 Å². The van der Waals surface area contributed by atoms with Gasteiger partial charge in [0.2, 0.25) is 0 Å². The molecule has 0 aliphatic carbocycles. The van der Waals surface area contributed by atoms with Gasteiger partial charge in [0.25, 0.3) is 0 Å². The van der Waals surface area contributed by atoms with Gasteiger partial charge in [-0.2, -0.15) is 48.3 Å².